The quantitative estimate of drug-likeness (QED) is 0.256. The molecular formula is C28H27F3O4S. The van der Waals surface area contributed by atoms with E-state index >= 15 is 0 Å². The predicted octanol–water partition coefficient (Wildman–Crippen LogP) is 8.13. The molecule has 36 heavy (non-hydrogen) atoms. The lowest BCUT2D eigenvalue weighted by atomic mass is 9.99. The Morgan fingerprint density at radius 3 is 2.47 bits per heavy atom. The number of hydrogen-bond donors (Lipinski definition) is 1. The van der Waals surface area contributed by atoms with E-state index in [2.05, 4.69) is 36.6 Å². The summed E-state index contributed by atoms with van der Waals surface area (Å²) in [4.78, 5) is 11.1. The summed E-state index contributed by atoms with van der Waals surface area (Å²) in [5.41, 5.74) is 5.92. The normalized spacial score (nSPS) is 11.1. The minimum Gasteiger partial charge on any atom is -0.489 e. The van der Waals surface area contributed by atoms with Gasteiger partial charge in [0.25, 0.3) is 0 Å². The van der Waals surface area contributed by atoms with Crippen LogP contribution in [-0.4, -0.2) is 23.5 Å². The molecule has 1 aromatic heterocycles. The summed E-state index contributed by atoms with van der Waals surface area (Å²) in [6, 6.07) is 21.8. The number of benzene rings is 3. The van der Waals surface area contributed by atoms with Gasteiger partial charge in [-0.3, -0.25) is 4.79 Å². The SMILES string of the molecule is CCC(F)(F)F.CSCc1cccc(-c2cc(COc3ccccc3CC(=O)O)cc3ccoc23)c1. The molecule has 3 aromatic carbocycles. The number of thioether (sulfide) groups is 1. The Labute approximate surface area is 212 Å². The molecular weight excluding hydrogens is 489 g/mol. The van der Waals surface area contributed by atoms with Crippen molar-refractivity contribution >= 4 is 28.7 Å². The Hall–Kier alpha value is -3.39. The van der Waals surface area contributed by atoms with Crippen molar-refractivity contribution in [2.75, 3.05) is 6.26 Å². The van der Waals surface area contributed by atoms with E-state index in [1.807, 2.05) is 24.3 Å². The van der Waals surface area contributed by atoms with Crippen molar-refractivity contribution in [1.82, 2.24) is 0 Å². The molecule has 0 amide bonds. The summed E-state index contributed by atoms with van der Waals surface area (Å²) >= 11 is 1.79. The van der Waals surface area contributed by atoms with Crippen molar-refractivity contribution in [1.29, 1.82) is 0 Å². The molecule has 4 nitrogen and oxygen atoms in total. The molecule has 0 fully saturated rings. The van der Waals surface area contributed by atoms with Gasteiger partial charge in [0.1, 0.15) is 17.9 Å². The Balaban J connectivity index is 0.000000538. The van der Waals surface area contributed by atoms with Crippen LogP contribution < -0.4 is 4.74 Å². The number of aliphatic carboxylic acids is 1. The highest BCUT2D eigenvalue weighted by Crippen LogP contribution is 2.32. The molecule has 190 valence electrons. The van der Waals surface area contributed by atoms with Crippen LogP contribution in [0, 0.1) is 0 Å². The van der Waals surface area contributed by atoms with Crippen LogP contribution in [0.3, 0.4) is 0 Å². The van der Waals surface area contributed by atoms with E-state index in [1.54, 1.807) is 30.2 Å². The smallest absolute Gasteiger partial charge is 0.388 e. The maximum atomic E-state index is 11.1. The number of carboxylic acids is 1. The van der Waals surface area contributed by atoms with Crippen LogP contribution in [0.2, 0.25) is 0 Å². The van der Waals surface area contributed by atoms with Crippen molar-refractivity contribution < 1.29 is 32.2 Å². The topological polar surface area (TPSA) is 59.7 Å². The number of carboxylic acid groups (broad SMARTS) is 1. The molecule has 0 spiro atoms. The number of carbonyl (C=O) groups is 1. The Morgan fingerprint density at radius 2 is 1.78 bits per heavy atom. The van der Waals surface area contributed by atoms with E-state index in [4.69, 9.17) is 14.3 Å². The lowest BCUT2D eigenvalue weighted by Crippen LogP contribution is -2.04. The van der Waals surface area contributed by atoms with Crippen molar-refractivity contribution in [3.63, 3.8) is 0 Å². The van der Waals surface area contributed by atoms with Crippen molar-refractivity contribution in [2.45, 2.75) is 38.3 Å². The van der Waals surface area contributed by atoms with Gasteiger partial charge in [-0.25, -0.2) is 0 Å². The average molecular weight is 517 g/mol. The standard InChI is InChI=1S/C25H22O4S.C3H5F3/c1-30-16-17-5-4-7-19(11-17)22-13-18(12-21-9-10-28-25(21)22)15-29-23-8-3-2-6-20(23)14-24(26)27;1-2-3(4,5)6/h2-13H,14-16H2,1H3,(H,26,27);2H2,1H3. The highest BCUT2D eigenvalue weighted by Gasteiger charge is 2.22. The molecule has 0 radical (unpaired) electrons. The molecule has 1 heterocycles. The zero-order chi connectivity index (χ0) is 26.1. The lowest BCUT2D eigenvalue weighted by molar-refractivity contribution is -0.136. The molecule has 0 aliphatic heterocycles. The van der Waals surface area contributed by atoms with Crippen molar-refractivity contribution in [2.24, 2.45) is 0 Å². The summed E-state index contributed by atoms with van der Waals surface area (Å²) in [7, 11) is 0. The first kappa shape index (κ1) is 27.2. The van der Waals surface area contributed by atoms with Gasteiger partial charge in [-0.05, 0) is 47.2 Å². The Morgan fingerprint density at radius 1 is 1.03 bits per heavy atom. The molecule has 0 saturated heterocycles. The minimum absolute atomic E-state index is 0.0651. The number of hydrogen-bond acceptors (Lipinski definition) is 4. The van der Waals surface area contributed by atoms with Gasteiger partial charge in [0.2, 0.25) is 0 Å². The van der Waals surface area contributed by atoms with Gasteiger partial charge in [0, 0.05) is 28.7 Å². The highest BCUT2D eigenvalue weighted by atomic mass is 32.2. The second-order valence-corrected chi connectivity index (χ2v) is 8.92. The van der Waals surface area contributed by atoms with Gasteiger partial charge in [-0.2, -0.15) is 24.9 Å². The maximum absolute atomic E-state index is 11.1. The number of furan rings is 1. The third kappa shape index (κ3) is 7.81. The van der Waals surface area contributed by atoms with Crippen LogP contribution in [0.4, 0.5) is 13.2 Å². The number of alkyl halides is 3. The molecule has 0 bridgehead atoms. The molecule has 4 aromatic rings. The monoisotopic (exact) mass is 516 g/mol. The first-order valence-electron chi connectivity index (χ1n) is 11.3. The molecule has 4 rings (SSSR count). The van der Waals surface area contributed by atoms with Crippen LogP contribution in [0.1, 0.15) is 30.0 Å². The molecule has 1 N–H and O–H groups in total. The molecule has 0 saturated carbocycles. The first-order valence-corrected chi connectivity index (χ1v) is 12.7. The molecule has 0 aliphatic rings. The molecule has 0 unspecified atom stereocenters. The van der Waals surface area contributed by atoms with Crippen LogP contribution in [0.5, 0.6) is 5.75 Å². The van der Waals surface area contributed by atoms with Crippen LogP contribution in [0.15, 0.2) is 77.4 Å². The lowest BCUT2D eigenvalue weighted by Gasteiger charge is -2.12. The highest BCUT2D eigenvalue weighted by molar-refractivity contribution is 7.97. The van der Waals surface area contributed by atoms with E-state index in [1.165, 1.54) is 5.56 Å². The van der Waals surface area contributed by atoms with E-state index in [9.17, 15) is 18.0 Å². The van der Waals surface area contributed by atoms with Crippen molar-refractivity contribution in [3.8, 4) is 16.9 Å². The average Bonchev–Trinajstić information content (AvgIpc) is 3.32. The van der Waals surface area contributed by atoms with Crippen molar-refractivity contribution in [3.05, 3.63) is 89.7 Å². The van der Waals surface area contributed by atoms with Gasteiger partial charge < -0.3 is 14.3 Å². The third-order valence-corrected chi connectivity index (χ3v) is 5.89. The minimum atomic E-state index is -3.96. The summed E-state index contributed by atoms with van der Waals surface area (Å²) in [6.45, 7) is 1.43. The number of fused-ring (bicyclic) bond motifs is 1. The van der Waals surface area contributed by atoms with Gasteiger partial charge in [-0.15, -0.1) is 0 Å². The van der Waals surface area contributed by atoms with Crippen LogP contribution in [0.25, 0.3) is 22.1 Å². The maximum Gasteiger partial charge on any atom is 0.388 e. The number of rotatable bonds is 8. The second kappa shape index (κ2) is 12.5. The Kier molecular flexibility index (Phi) is 9.47. The molecule has 8 heteroatoms. The molecule has 0 atom stereocenters. The Bertz CT molecular complexity index is 1300. The van der Waals surface area contributed by atoms with Gasteiger partial charge in [0.05, 0.1) is 12.7 Å². The number of halogens is 3. The summed E-state index contributed by atoms with van der Waals surface area (Å²) in [5.74, 6) is 0.673. The van der Waals surface area contributed by atoms with Crippen LogP contribution in [-0.2, 0) is 23.6 Å². The first-order chi connectivity index (χ1) is 17.2. The van der Waals surface area contributed by atoms with E-state index in [0.717, 1.165) is 40.3 Å². The summed E-state index contributed by atoms with van der Waals surface area (Å²) < 4.78 is 44.1. The van der Waals surface area contributed by atoms with Gasteiger partial charge >= 0.3 is 12.1 Å². The predicted molar refractivity (Wildman–Crippen MR) is 137 cm³/mol. The fourth-order valence-corrected chi connectivity index (χ4v) is 4.06. The fourth-order valence-electron chi connectivity index (χ4n) is 3.55. The summed E-state index contributed by atoms with van der Waals surface area (Å²) in [5, 5.41) is 10.1. The van der Waals surface area contributed by atoms with E-state index in [0.29, 0.717) is 17.9 Å². The van der Waals surface area contributed by atoms with Crippen LogP contribution >= 0.6 is 11.8 Å². The largest absolute Gasteiger partial charge is 0.489 e. The van der Waals surface area contributed by atoms with E-state index < -0.39 is 18.6 Å². The number of para-hydroxylation sites is 1. The number of ether oxygens (including phenoxy) is 1. The summed E-state index contributed by atoms with van der Waals surface area (Å²) in [6.07, 6.45) is -0.957. The van der Waals surface area contributed by atoms with Gasteiger partial charge in [-0.1, -0.05) is 49.4 Å². The fraction of sp³-hybridized carbons (Fsp3) is 0.250. The van der Waals surface area contributed by atoms with Gasteiger partial charge in [0.15, 0.2) is 0 Å². The van der Waals surface area contributed by atoms with E-state index in [-0.39, 0.29) is 6.42 Å². The second-order valence-electron chi connectivity index (χ2n) is 8.05. The third-order valence-electron chi connectivity index (χ3n) is 5.27. The zero-order valence-corrected chi connectivity index (χ0v) is 20.8. The molecule has 0 aliphatic carbocycles. The zero-order valence-electron chi connectivity index (χ0n) is 20.0.